The number of carbonyl (C=O) groups excluding carboxylic acids is 2. The number of hydrogen-bond acceptors (Lipinski definition) is 5. The van der Waals surface area contributed by atoms with Crippen LogP contribution in [0.3, 0.4) is 0 Å². The zero-order valence-electron chi connectivity index (χ0n) is 14.9. The Kier molecular flexibility index (Phi) is 5.91. The Morgan fingerprint density at radius 3 is 2.46 bits per heavy atom. The number of hydrogen-bond donors (Lipinski definition) is 2. The van der Waals surface area contributed by atoms with Gasteiger partial charge < -0.3 is 13.9 Å². The van der Waals surface area contributed by atoms with Crippen LogP contribution in [0.1, 0.15) is 26.7 Å². The molecule has 0 bridgehead atoms. The largest absolute Gasteiger partial charge is 0.494 e. The maximum absolute atomic E-state index is 13.7. The molecule has 0 radical (unpaired) electrons. The first-order valence-corrected chi connectivity index (χ1v) is 8.27. The third-order valence-corrected chi connectivity index (χ3v) is 3.71. The fourth-order valence-electron chi connectivity index (χ4n) is 2.30. The van der Waals surface area contributed by atoms with Gasteiger partial charge in [0.25, 0.3) is 5.91 Å². The average Bonchev–Trinajstić information content (AvgIpc) is 3.20. The second kappa shape index (κ2) is 8.72. The van der Waals surface area contributed by atoms with E-state index in [0.29, 0.717) is 11.5 Å². The first-order chi connectivity index (χ1) is 13.6. The monoisotopic (exact) mass is 384 g/mol. The van der Waals surface area contributed by atoms with Crippen molar-refractivity contribution >= 4 is 11.8 Å². The number of para-hydroxylation sites is 1. The summed E-state index contributed by atoms with van der Waals surface area (Å²) in [6.07, 6.45) is 0. The van der Waals surface area contributed by atoms with Crippen molar-refractivity contribution in [2.45, 2.75) is 6.61 Å². The van der Waals surface area contributed by atoms with Gasteiger partial charge in [-0.25, -0.2) is 4.39 Å². The Morgan fingerprint density at radius 1 is 1.00 bits per heavy atom. The quantitative estimate of drug-likeness (QED) is 0.638. The molecule has 0 spiro atoms. The van der Waals surface area contributed by atoms with Crippen LogP contribution in [0, 0.1) is 5.82 Å². The molecule has 0 saturated carbocycles. The van der Waals surface area contributed by atoms with E-state index in [0.717, 1.165) is 6.07 Å². The van der Waals surface area contributed by atoms with Gasteiger partial charge in [-0.15, -0.1) is 0 Å². The van der Waals surface area contributed by atoms with Crippen LogP contribution < -0.4 is 20.3 Å². The van der Waals surface area contributed by atoms with Gasteiger partial charge in [0.15, 0.2) is 17.3 Å². The number of halogens is 1. The minimum absolute atomic E-state index is 0.00660. The predicted octanol–water partition coefficient (Wildman–Crippen LogP) is 3.08. The van der Waals surface area contributed by atoms with Gasteiger partial charge in [0, 0.05) is 5.56 Å². The molecule has 3 rings (SSSR count). The van der Waals surface area contributed by atoms with E-state index in [1.807, 2.05) is 18.2 Å². The highest BCUT2D eigenvalue weighted by atomic mass is 19.1. The van der Waals surface area contributed by atoms with Gasteiger partial charge in [0.05, 0.1) is 7.11 Å². The molecular weight excluding hydrogens is 367 g/mol. The standard InChI is InChI=1S/C20H17FN2O5/c1-26-17-9-7-13(11-16(17)21)19(24)22-23-20(25)18-10-8-15(28-18)12-27-14-5-3-2-4-6-14/h2-11H,12H2,1H3,(H,22,24)(H,23,25). The predicted molar refractivity (Wildman–Crippen MR) is 97.4 cm³/mol. The van der Waals surface area contributed by atoms with Crippen molar-refractivity contribution in [1.82, 2.24) is 10.9 Å². The van der Waals surface area contributed by atoms with Gasteiger partial charge in [-0.2, -0.15) is 0 Å². The molecule has 1 aromatic heterocycles. The summed E-state index contributed by atoms with van der Waals surface area (Å²) in [5, 5.41) is 0. The van der Waals surface area contributed by atoms with Crippen molar-refractivity contribution in [3.05, 3.63) is 83.6 Å². The lowest BCUT2D eigenvalue weighted by Gasteiger charge is -2.07. The highest BCUT2D eigenvalue weighted by Crippen LogP contribution is 2.17. The Balaban J connectivity index is 1.53. The van der Waals surface area contributed by atoms with Crippen LogP contribution in [0.2, 0.25) is 0 Å². The third kappa shape index (κ3) is 4.67. The maximum atomic E-state index is 13.7. The third-order valence-electron chi connectivity index (χ3n) is 3.71. The molecule has 0 fully saturated rings. The lowest BCUT2D eigenvalue weighted by Crippen LogP contribution is -2.41. The van der Waals surface area contributed by atoms with Crippen molar-refractivity contribution in [2.24, 2.45) is 0 Å². The molecular formula is C20H17FN2O5. The first kappa shape index (κ1) is 19.0. The van der Waals surface area contributed by atoms with Gasteiger partial charge in [-0.3, -0.25) is 20.4 Å². The first-order valence-electron chi connectivity index (χ1n) is 8.27. The molecule has 2 aromatic carbocycles. The molecule has 1 heterocycles. The molecule has 3 aromatic rings. The molecule has 2 amide bonds. The Bertz CT molecular complexity index is 972. The van der Waals surface area contributed by atoms with E-state index in [1.165, 1.54) is 25.3 Å². The number of rotatable bonds is 6. The molecule has 0 saturated heterocycles. The van der Waals surface area contributed by atoms with Gasteiger partial charge in [-0.1, -0.05) is 18.2 Å². The molecule has 2 N–H and O–H groups in total. The van der Waals surface area contributed by atoms with Gasteiger partial charge in [-0.05, 0) is 42.5 Å². The van der Waals surface area contributed by atoms with E-state index in [1.54, 1.807) is 18.2 Å². The van der Waals surface area contributed by atoms with Crippen LogP contribution in [-0.4, -0.2) is 18.9 Å². The highest BCUT2D eigenvalue weighted by molar-refractivity contribution is 5.98. The normalized spacial score (nSPS) is 10.2. The van der Waals surface area contributed by atoms with E-state index in [4.69, 9.17) is 13.9 Å². The number of ether oxygens (including phenoxy) is 2. The van der Waals surface area contributed by atoms with E-state index in [2.05, 4.69) is 10.9 Å². The van der Waals surface area contributed by atoms with Crippen molar-refractivity contribution < 1.29 is 27.9 Å². The summed E-state index contributed by atoms with van der Waals surface area (Å²) >= 11 is 0. The number of amides is 2. The number of carbonyl (C=O) groups is 2. The topological polar surface area (TPSA) is 89.8 Å². The number of benzene rings is 2. The molecule has 8 heteroatoms. The second-order valence-corrected chi connectivity index (χ2v) is 5.63. The van der Waals surface area contributed by atoms with Gasteiger partial charge >= 0.3 is 5.91 Å². The summed E-state index contributed by atoms with van der Waals surface area (Å²) in [5.41, 5.74) is 4.42. The minimum Gasteiger partial charge on any atom is -0.494 e. The number of hydrazine groups is 1. The van der Waals surface area contributed by atoms with Crippen molar-refractivity contribution in [1.29, 1.82) is 0 Å². The van der Waals surface area contributed by atoms with Crippen molar-refractivity contribution in [2.75, 3.05) is 7.11 Å². The summed E-state index contributed by atoms with van der Waals surface area (Å²) in [5.74, 6) is -0.909. The molecule has 0 aliphatic heterocycles. The Hall–Kier alpha value is -3.81. The molecule has 28 heavy (non-hydrogen) atoms. The fourth-order valence-corrected chi connectivity index (χ4v) is 2.30. The number of nitrogens with one attached hydrogen (secondary N) is 2. The fraction of sp³-hybridized carbons (Fsp3) is 0.100. The Morgan fingerprint density at radius 2 is 1.75 bits per heavy atom. The summed E-state index contributed by atoms with van der Waals surface area (Å²) in [6, 6.07) is 15.9. The average molecular weight is 384 g/mol. The molecule has 0 aliphatic rings. The van der Waals surface area contributed by atoms with Crippen molar-refractivity contribution in [3.63, 3.8) is 0 Å². The zero-order valence-corrected chi connectivity index (χ0v) is 14.9. The van der Waals surface area contributed by atoms with Crippen molar-refractivity contribution in [3.8, 4) is 11.5 Å². The van der Waals surface area contributed by atoms with Gasteiger partial charge in [0.1, 0.15) is 18.1 Å². The van der Waals surface area contributed by atoms with E-state index >= 15 is 0 Å². The van der Waals surface area contributed by atoms with E-state index < -0.39 is 17.6 Å². The number of methoxy groups -OCH3 is 1. The van der Waals surface area contributed by atoms with E-state index in [-0.39, 0.29) is 23.7 Å². The molecule has 0 unspecified atom stereocenters. The summed E-state index contributed by atoms with van der Waals surface area (Å²) in [6.45, 7) is 0.148. The molecule has 7 nitrogen and oxygen atoms in total. The summed E-state index contributed by atoms with van der Waals surface area (Å²) in [4.78, 5) is 24.1. The van der Waals surface area contributed by atoms with Gasteiger partial charge in [0.2, 0.25) is 0 Å². The Labute approximate surface area is 160 Å². The smallest absolute Gasteiger partial charge is 0.305 e. The molecule has 144 valence electrons. The van der Waals surface area contributed by atoms with Crippen LogP contribution in [0.4, 0.5) is 4.39 Å². The summed E-state index contributed by atoms with van der Waals surface area (Å²) in [7, 11) is 1.32. The lowest BCUT2D eigenvalue weighted by atomic mass is 10.2. The maximum Gasteiger partial charge on any atom is 0.305 e. The van der Waals surface area contributed by atoms with Crippen LogP contribution in [0.15, 0.2) is 65.1 Å². The highest BCUT2D eigenvalue weighted by Gasteiger charge is 2.14. The van der Waals surface area contributed by atoms with Crippen LogP contribution >= 0.6 is 0 Å². The number of furan rings is 1. The van der Waals surface area contributed by atoms with Crippen LogP contribution in [0.25, 0.3) is 0 Å². The molecule has 0 atom stereocenters. The van der Waals surface area contributed by atoms with E-state index in [9.17, 15) is 14.0 Å². The second-order valence-electron chi connectivity index (χ2n) is 5.63. The SMILES string of the molecule is COc1ccc(C(=O)NNC(=O)c2ccc(COc3ccccc3)o2)cc1F. The van der Waals surface area contributed by atoms with Crippen LogP contribution in [-0.2, 0) is 6.61 Å². The molecule has 0 aliphatic carbocycles. The lowest BCUT2D eigenvalue weighted by molar-refractivity contribution is 0.0828. The summed E-state index contributed by atoms with van der Waals surface area (Å²) < 4.78 is 29.4. The zero-order chi connectivity index (χ0) is 19.9. The van der Waals surface area contributed by atoms with Crippen LogP contribution in [0.5, 0.6) is 11.5 Å². The minimum atomic E-state index is -0.686.